The summed E-state index contributed by atoms with van der Waals surface area (Å²) in [7, 11) is 0. The maximum absolute atomic E-state index is 6.57. The van der Waals surface area contributed by atoms with Crippen molar-refractivity contribution in [3.63, 3.8) is 0 Å². The van der Waals surface area contributed by atoms with Crippen LogP contribution in [0.4, 0.5) is 0 Å². The van der Waals surface area contributed by atoms with Gasteiger partial charge in [0.15, 0.2) is 11.5 Å². The Morgan fingerprint density at radius 1 is 0.778 bits per heavy atom. The van der Waals surface area contributed by atoms with Crippen LogP contribution in [0.1, 0.15) is 24.8 Å². The third-order valence-corrected chi connectivity index (χ3v) is 7.23. The second-order valence-corrected chi connectivity index (χ2v) is 9.42. The maximum atomic E-state index is 6.57. The van der Waals surface area contributed by atoms with Crippen molar-refractivity contribution in [1.29, 1.82) is 0 Å². The zero-order valence-electron chi connectivity index (χ0n) is 19.5. The molecule has 1 fully saturated rings. The minimum atomic E-state index is -0.185. The lowest BCUT2D eigenvalue weighted by molar-refractivity contribution is 0.253. The molecule has 7 nitrogen and oxygen atoms in total. The number of nitrogens with zero attached hydrogens (tertiary/aromatic N) is 6. The van der Waals surface area contributed by atoms with Crippen LogP contribution < -0.4 is 5.73 Å². The summed E-state index contributed by atoms with van der Waals surface area (Å²) < 4.78 is 2.02. The van der Waals surface area contributed by atoms with Gasteiger partial charge < -0.3 is 5.73 Å². The van der Waals surface area contributed by atoms with E-state index in [0.717, 1.165) is 57.5 Å². The number of benzene rings is 2. The van der Waals surface area contributed by atoms with E-state index in [1.807, 2.05) is 34.7 Å². The van der Waals surface area contributed by atoms with Crippen LogP contribution in [0.15, 0.2) is 91.5 Å². The Bertz CT molecular complexity index is 1700. The van der Waals surface area contributed by atoms with Crippen molar-refractivity contribution >= 4 is 16.7 Å². The molecule has 0 spiro atoms. The highest BCUT2D eigenvalue weighted by molar-refractivity contribution is 5.92. The highest BCUT2D eigenvalue weighted by atomic mass is 15.3. The number of hydrogen-bond acceptors (Lipinski definition) is 6. The number of fused-ring (bicyclic) bond motifs is 3. The molecule has 0 bridgehead atoms. The van der Waals surface area contributed by atoms with Gasteiger partial charge in [-0.05, 0) is 48.6 Å². The molecule has 0 aliphatic heterocycles. The van der Waals surface area contributed by atoms with Gasteiger partial charge in [0.2, 0.25) is 0 Å². The van der Waals surface area contributed by atoms with Gasteiger partial charge in [0.05, 0.1) is 22.3 Å². The van der Waals surface area contributed by atoms with Crippen molar-refractivity contribution in [2.24, 2.45) is 5.73 Å². The van der Waals surface area contributed by atoms with Crippen molar-refractivity contribution in [2.75, 3.05) is 0 Å². The van der Waals surface area contributed by atoms with E-state index in [1.165, 1.54) is 18.3 Å². The Balaban J connectivity index is 1.47. The maximum Gasteiger partial charge on any atom is 0.172 e. The standard InChI is InChI=1S/C29H23N7/c30-29(13-4-14-29)22-9-7-20(8-10-22)27-23(19-5-2-1-3-6-19)15-25-24(33-27)11-12-26-34-35-28(36(25)26)21-16-31-18-32-17-21/h1-3,5-12,15-18H,4,13-14,30H2. The fourth-order valence-corrected chi connectivity index (χ4v) is 5.08. The van der Waals surface area contributed by atoms with E-state index in [1.54, 1.807) is 12.4 Å². The van der Waals surface area contributed by atoms with Crippen molar-refractivity contribution in [3.8, 4) is 33.8 Å². The highest BCUT2D eigenvalue weighted by Gasteiger charge is 2.34. The van der Waals surface area contributed by atoms with Gasteiger partial charge in [0.25, 0.3) is 0 Å². The molecule has 4 aromatic heterocycles. The quantitative estimate of drug-likeness (QED) is 0.371. The first-order valence-electron chi connectivity index (χ1n) is 12.1. The molecule has 2 aromatic carbocycles. The van der Waals surface area contributed by atoms with E-state index < -0.39 is 0 Å². The summed E-state index contributed by atoms with van der Waals surface area (Å²) in [5.74, 6) is 0.683. The van der Waals surface area contributed by atoms with Gasteiger partial charge >= 0.3 is 0 Å². The summed E-state index contributed by atoms with van der Waals surface area (Å²) in [4.78, 5) is 13.5. The molecule has 36 heavy (non-hydrogen) atoms. The first-order chi connectivity index (χ1) is 17.7. The SMILES string of the molecule is NC1(c2ccc(-c3nc4ccc5nnc(-c6cncnc6)n5c4cc3-c3ccccc3)cc2)CCC1. The summed E-state index contributed by atoms with van der Waals surface area (Å²) in [6, 6.07) is 25.1. The lowest BCUT2D eigenvalue weighted by Crippen LogP contribution is -2.43. The summed E-state index contributed by atoms with van der Waals surface area (Å²) in [5, 5.41) is 8.83. The fraction of sp³-hybridized carbons (Fsp3) is 0.138. The summed E-state index contributed by atoms with van der Waals surface area (Å²) in [6.07, 6.45) is 8.28. The van der Waals surface area contributed by atoms with Gasteiger partial charge in [-0.3, -0.25) is 4.40 Å². The molecule has 6 aromatic rings. The van der Waals surface area contributed by atoms with Crippen LogP contribution in [0.5, 0.6) is 0 Å². The van der Waals surface area contributed by atoms with Gasteiger partial charge in [0.1, 0.15) is 6.33 Å². The summed E-state index contributed by atoms with van der Waals surface area (Å²) >= 11 is 0. The van der Waals surface area contributed by atoms with Gasteiger partial charge in [0, 0.05) is 29.1 Å². The molecular formula is C29H23N7. The third kappa shape index (κ3) is 3.28. The van der Waals surface area contributed by atoms with Gasteiger partial charge in [-0.1, -0.05) is 54.6 Å². The number of rotatable bonds is 4. The van der Waals surface area contributed by atoms with Crippen molar-refractivity contribution < 1.29 is 0 Å². The number of pyridine rings is 2. The van der Waals surface area contributed by atoms with E-state index in [-0.39, 0.29) is 5.54 Å². The molecule has 0 unspecified atom stereocenters. The van der Waals surface area contributed by atoms with Crippen LogP contribution in [0, 0.1) is 0 Å². The lowest BCUT2D eigenvalue weighted by atomic mass is 9.72. The number of aromatic nitrogens is 6. The van der Waals surface area contributed by atoms with Crippen LogP contribution in [0.2, 0.25) is 0 Å². The molecule has 1 aliphatic rings. The van der Waals surface area contributed by atoms with Gasteiger partial charge in [-0.25, -0.2) is 15.0 Å². The second-order valence-electron chi connectivity index (χ2n) is 9.42. The molecule has 0 atom stereocenters. The van der Waals surface area contributed by atoms with Gasteiger partial charge in [-0.2, -0.15) is 0 Å². The molecule has 0 radical (unpaired) electrons. The molecule has 0 saturated heterocycles. The predicted octanol–water partition coefficient (Wildman–Crippen LogP) is 5.41. The van der Waals surface area contributed by atoms with Crippen molar-refractivity contribution in [3.05, 3.63) is 97.1 Å². The first-order valence-corrected chi connectivity index (χ1v) is 12.1. The largest absolute Gasteiger partial charge is 0.321 e. The minimum Gasteiger partial charge on any atom is -0.321 e. The van der Waals surface area contributed by atoms with Crippen LogP contribution >= 0.6 is 0 Å². The fourth-order valence-electron chi connectivity index (χ4n) is 5.08. The third-order valence-electron chi connectivity index (χ3n) is 7.23. The molecule has 1 aliphatic carbocycles. The summed E-state index contributed by atoms with van der Waals surface area (Å²) in [6.45, 7) is 0. The number of nitrogens with two attached hydrogens (primary N) is 1. The molecular weight excluding hydrogens is 446 g/mol. The van der Waals surface area contributed by atoms with Crippen LogP contribution in [0.3, 0.4) is 0 Å². The summed E-state index contributed by atoms with van der Waals surface area (Å²) in [5.41, 5.74) is 15.0. The lowest BCUT2D eigenvalue weighted by Gasteiger charge is -2.38. The predicted molar refractivity (Wildman–Crippen MR) is 140 cm³/mol. The van der Waals surface area contributed by atoms with E-state index in [0.29, 0.717) is 5.82 Å². The van der Waals surface area contributed by atoms with E-state index >= 15 is 0 Å². The van der Waals surface area contributed by atoms with Crippen LogP contribution in [0.25, 0.3) is 50.5 Å². The van der Waals surface area contributed by atoms with Crippen molar-refractivity contribution in [1.82, 2.24) is 29.5 Å². The molecule has 4 heterocycles. The van der Waals surface area contributed by atoms with Crippen LogP contribution in [-0.4, -0.2) is 29.5 Å². The Hall–Kier alpha value is -4.49. The molecule has 1 saturated carbocycles. The molecule has 7 rings (SSSR count). The van der Waals surface area contributed by atoms with E-state index in [2.05, 4.69) is 62.6 Å². The zero-order chi connectivity index (χ0) is 24.1. The first kappa shape index (κ1) is 20.8. The second kappa shape index (κ2) is 8.03. The Kier molecular flexibility index (Phi) is 4.65. The smallest absolute Gasteiger partial charge is 0.172 e. The monoisotopic (exact) mass is 469 g/mol. The molecule has 7 heteroatoms. The highest BCUT2D eigenvalue weighted by Crippen LogP contribution is 2.40. The average molecular weight is 470 g/mol. The minimum absolute atomic E-state index is 0.185. The number of hydrogen-bond donors (Lipinski definition) is 1. The topological polar surface area (TPSA) is 94.9 Å². The van der Waals surface area contributed by atoms with E-state index in [9.17, 15) is 0 Å². The Morgan fingerprint density at radius 2 is 1.56 bits per heavy atom. The molecule has 2 N–H and O–H groups in total. The Labute approximate surface area is 207 Å². The zero-order valence-corrected chi connectivity index (χ0v) is 19.5. The Morgan fingerprint density at radius 3 is 2.28 bits per heavy atom. The average Bonchev–Trinajstić information content (AvgIpc) is 3.37. The normalized spacial score (nSPS) is 14.7. The van der Waals surface area contributed by atoms with Gasteiger partial charge in [-0.15, -0.1) is 10.2 Å². The molecule has 0 amide bonds. The molecule has 174 valence electrons. The van der Waals surface area contributed by atoms with Crippen molar-refractivity contribution in [2.45, 2.75) is 24.8 Å². The van der Waals surface area contributed by atoms with E-state index in [4.69, 9.17) is 10.7 Å². The van der Waals surface area contributed by atoms with Crippen LogP contribution in [-0.2, 0) is 5.54 Å².